The van der Waals surface area contributed by atoms with Crippen LogP contribution in [0.4, 0.5) is 0 Å². The maximum absolute atomic E-state index is 6.52. The second-order valence-corrected chi connectivity index (χ2v) is 6.76. The molecule has 106 valence electrons. The van der Waals surface area contributed by atoms with Gasteiger partial charge in [0.1, 0.15) is 6.33 Å². The van der Waals surface area contributed by atoms with E-state index in [1.54, 1.807) is 18.1 Å². The molecular formula is C16H15N3S2. The predicted octanol–water partition coefficient (Wildman–Crippen LogP) is 4.07. The van der Waals surface area contributed by atoms with E-state index < -0.39 is 0 Å². The Balaban J connectivity index is 1.92. The fourth-order valence-corrected chi connectivity index (χ4v) is 3.98. The molecule has 5 heteroatoms. The first-order valence-electron chi connectivity index (χ1n) is 6.63. The summed E-state index contributed by atoms with van der Waals surface area (Å²) < 4.78 is 5.01. The lowest BCUT2D eigenvalue weighted by Gasteiger charge is -2.23. The van der Waals surface area contributed by atoms with Gasteiger partial charge in [-0.3, -0.25) is 0 Å². The van der Waals surface area contributed by atoms with Crippen molar-refractivity contribution in [2.45, 2.75) is 15.6 Å². The van der Waals surface area contributed by atoms with E-state index in [0.717, 1.165) is 9.90 Å². The van der Waals surface area contributed by atoms with Crippen LogP contribution in [0.15, 0.2) is 71.3 Å². The normalized spacial score (nSPS) is 13.8. The van der Waals surface area contributed by atoms with E-state index in [0.29, 0.717) is 0 Å². The first kappa shape index (κ1) is 14.3. The summed E-state index contributed by atoms with van der Waals surface area (Å²) in [5, 5.41) is 0.113. The van der Waals surface area contributed by atoms with Gasteiger partial charge in [-0.25, -0.2) is 4.98 Å². The van der Waals surface area contributed by atoms with Crippen LogP contribution in [0.2, 0.25) is 0 Å². The molecule has 3 rings (SSSR count). The molecule has 0 aliphatic heterocycles. The van der Waals surface area contributed by atoms with Crippen molar-refractivity contribution in [3.63, 3.8) is 0 Å². The highest BCUT2D eigenvalue weighted by atomic mass is 32.2. The highest BCUT2D eigenvalue weighted by Gasteiger charge is 2.23. The van der Waals surface area contributed by atoms with Gasteiger partial charge in [-0.2, -0.15) is 4.37 Å². The molecule has 0 amide bonds. The number of rotatable bonds is 5. The zero-order chi connectivity index (χ0) is 14.5. The molecule has 0 aliphatic rings. The van der Waals surface area contributed by atoms with E-state index in [9.17, 15) is 0 Å². The van der Waals surface area contributed by atoms with Gasteiger partial charge in [0.15, 0.2) is 4.34 Å². The van der Waals surface area contributed by atoms with Crippen molar-refractivity contribution in [1.29, 1.82) is 0 Å². The second kappa shape index (κ2) is 6.85. The molecule has 2 atom stereocenters. The lowest BCUT2D eigenvalue weighted by Crippen LogP contribution is -2.17. The van der Waals surface area contributed by atoms with Crippen molar-refractivity contribution in [1.82, 2.24) is 9.36 Å². The van der Waals surface area contributed by atoms with Crippen LogP contribution >= 0.6 is 23.3 Å². The molecule has 0 aliphatic carbocycles. The minimum Gasteiger partial charge on any atom is -0.323 e. The summed E-state index contributed by atoms with van der Waals surface area (Å²) in [5.41, 5.74) is 8.85. The van der Waals surface area contributed by atoms with Crippen LogP contribution in [0.3, 0.4) is 0 Å². The number of benzene rings is 2. The van der Waals surface area contributed by atoms with Gasteiger partial charge in [0.25, 0.3) is 0 Å². The van der Waals surface area contributed by atoms with Gasteiger partial charge in [-0.15, -0.1) is 0 Å². The molecule has 0 fully saturated rings. The number of nitrogens with zero attached hydrogens (tertiary/aromatic N) is 2. The molecule has 0 spiro atoms. The summed E-state index contributed by atoms with van der Waals surface area (Å²) in [6, 6.07) is 20.4. The molecule has 21 heavy (non-hydrogen) atoms. The molecule has 1 heterocycles. The third-order valence-corrected chi connectivity index (χ3v) is 5.31. The molecule has 2 N–H and O–H groups in total. The first-order valence-corrected chi connectivity index (χ1v) is 8.28. The van der Waals surface area contributed by atoms with Crippen LogP contribution in [-0.4, -0.2) is 9.36 Å². The summed E-state index contributed by atoms with van der Waals surface area (Å²) in [4.78, 5) is 4.27. The smallest absolute Gasteiger partial charge is 0.170 e. The van der Waals surface area contributed by atoms with Gasteiger partial charge in [0.2, 0.25) is 0 Å². The molecule has 1 aromatic heterocycles. The van der Waals surface area contributed by atoms with E-state index in [1.165, 1.54) is 17.1 Å². The minimum atomic E-state index is -0.0949. The Bertz CT molecular complexity index is 657. The summed E-state index contributed by atoms with van der Waals surface area (Å²) in [6.45, 7) is 0. The van der Waals surface area contributed by atoms with Crippen molar-refractivity contribution in [2.24, 2.45) is 5.73 Å². The lowest BCUT2D eigenvalue weighted by atomic mass is 9.99. The van der Waals surface area contributed by atoms with Crippen molar-refractivity contribution in [3.05, 3.63) is 78.1 Å². The summed E-state index contributed by atoms with van der Waals surface area (Å²) in [5.74, 6) is 0. The maximum Gasteiger partial charge on any atom is 0.170 e. The highest BCUT2D eigenvalue weighted by Crippen LogP contribution is 2.42. The zero-order valence-corrected chi connectivity index (χ0v) is 12.9. The van der Waals surface area contributed by atoms with E-state index in [-0.39, 0.29) is 11.3 Å². The molecular weight excluding hydrogens is 298 g/mol. The lowest BCUT2D eigenvalue weighted by molar-refractivity contribution is 0.705. The third kappa shape index (κ3) is 3.50. The Morgan fingerprint density at radius 2 is 1.52 bits per heavy atom. The first-order chi connectivity index (χ1) is 10.3. The van der Waals surface area contributed by atoms with E-state index in [1.807, 2.05) is 36.4 Å². The van der Waals surface area contributed by atoms with Gasteiger partial charge in [0, 0.05) is 6.04 Å². The number of hydrogen-bond donors (Lipinski definition) is 1. The summed E-state index contributed by atoms with van der Waals surface area (Å²) in [6.07, 6.45) is 1.59. The third-order valence-electron chi connectivity index (χ3n) is 3.21. The Morgan fingerprint density at radius 1 is 0.905 bits per heavy atom. The minimum absolute atomic E-state index is 0.0949. The monoisotopic (exact) mass is 313 g/mol. The van der Waals surface area contributed by atoms with Crippen molar-refractivity contribution in [2.75, 3.05) is 0 Å². The standard InChI is InChI=1S/C16H15N3S2/c17-14(12-7-3-1-4-8-12)15(13-9-5-2-6-10-13)20-16-18-11-19-21-16/h1-11,14-15H,17H2. The Kier molecular flexibility index (Phi) is 4.65. The zero-order valence-electron chi connectivity index (χ0n) is 11.3. The van der Waals surface area contributed by atoms with Crippen molar-refractivity contribution >= 4 is 23.3 Å². The number of thioether (sulfide) groups is 1. The van der Waals surface area contributed by atoms with E-state index in [2.05, 4.69) is 33.6 Å². The van der Waals surface area contributed by atoms with Gasteiger partial charge in [-0.05, 0) is 22.7 Å². The summed E-state index contributed by atoms with van der Waals surface area (Å²) >= 11 is 3.08. The average Bonchev–Trinajstić information content (AvgIpc) is 3.07. The molecule has 0 bridgehead atoms. The molecule has 0 radical (unpaired) electrons. The van der Waals surface area contributed by atoms with Gasteiger partial charge in [-0.1, -0.05) is 72.4 Å². The van der Waals surface area contributed by atoms with Crippen LogP contribution < -0.4 is 5.73 Å². The summed E-state index contributed by atoms with van der Waals surface area (Å²) in [7, 11) is 0. The highest BCUT2D eigenvalue weighted by molar-refractivity contribution is 8.01. The van der Waals surface area contributed by atoms with Crippen molar-refractivity contribution < 1.29 is 0 Å². The number of nitrogens with two attached hydrogens (primary N) is 1. The Hall–Kier alpha value is -1.69. The van der Waals surface area contributed by atoms with Crippen molar-refractivity contribution in [3.8, 4) is 0 Å². The van der Waals surface area contributed by atoms with Gasteiger partial charge < -0.3 is 5.73 Å². The topological polar surface area (TPSA) is 51.8 Å². The van der Waals surface area contributed by atoms with Crippen LogP contribution in [0.5, 0.6) is 0 Å². The van der Waals surface area contributed by atoms with E-state index in [4.69, 9.17) is 5.73 Å². The molecule has 3 aromatic rings. The molecule has 0 saturated carbocycles. The van der Waals surface area contributed by atoms with E-state index >= 15 is 0 Å². The quantitative estimate of drug-likeness (QED) is 0.721. The van der Waals surface area contributed by atoms with Gasteiger partial charge in [0.05, 0.1) is 5.25 Å². The Morgan fingerprint density at radius 3 is 2.10 bits per heavy atom. The largest absolute Gasteiger partial charge is 0.323 e. The second-order valence-electron chi connectivity index (χ2n) is 4.59. The van der Waals surface area contributed by atoms with Crippen LogP contribution in [0, 0.1) is 0 Å². The SMILES string of the molecule is NC(c1ccccc1)C(Sc1ncns1)c1ccccc1. The number of hydrogen-bond acceptors (Lipinski definition) is 5. The fraction of sp³-hybridized carbons (Fsp3) is 0.125. The van der Waals surface area contributed by atoms with Crippen LogP contribution in [-0.2, 0) is 0 Å². The molecule has 2 aromatic carbocycles. The van der Waals surface area contributed by atoms with Crippen LogP contribution in [0.25, 0.3) is 0 Å². The average molecular weight is 313 g/mol. The molecule has 2 unspecified atom stereocenters. The Labute approximate surface area is 132 Å². The predicted molar refractivity (Wildman–Crippen MR) is 88.3 cm³/mol. The maximum atomic E-state index is 6.52. The molecule has 0 saturated heterocycles. The molecule has 3 nitrogen and oxygen atoms in total. The fourth-order valence-electron chi connectivity index (χ4n) is 2.16. The van der Waals surface area contributed by atoms with Crippen LogP contribution in [0.1, 0.15) is 22.4 Å². The van der Waals surface area contributed by atoms with Gasteiger partial charge >= 0.3 is 0 Å². The number of aromatic nitrogens is 2.